The van der Waals surface area contributed by atoms with E-state index in [9.17, 15) is 23.1 Å². The lowest BCUT2D eigenvalue weighted by atomic mass is 9.76. The molecule has 10 heteroatoms. The van der Waals surface area contributed by atoms with E-state index in [0.717, 1.165) is 78.3 Å². The Bertz CT molecular complexity index is 1090. The van der Waals surface area contributed by atoms with Crippen molar-refractivity contribution < 1.29 is 23.1 Å². The number of sulfone groups is 1. The summed E-state index contributed by atoms with van der Waals surface area (Å²) in [6.07, 6.45) is 14.5. The quantitative estimate of drug-likeness (QED) is 0.408. The van der Waals surface area contributed by atoms with Gasteiger partial charge in [-0.15, -0.1) is 0 Å². The summed E-state index contributed by atoms with van der Waals surface area (Å²) in [5.74, 6) is 2.09. The van der Waals surface area contributed by atoms with Crippen LogP contribution in [0.3, 0.4) is 0 Å². The number of carbonyl (C=O) groups is 2. The molecule has 4 heterocycles. The molecular weight excluding hydrogens is 576 g/mol. The van der Waals surface area contributed by atoms with Crippen LogP contribution in [0.5, 0.6) is 0 Å². The highest BCUT2D eigenvalue weighted by atomic mass is 32.2. The van der Waals surface area contributed by atoms with E-state index in [0.29, 0.717) is 30.6 Å². The number of aliphatic hydroxyl groups excluding tert-OH is 1. The number of carbonyl (C=O) groups excluding carboxylic acids is 2. The van der Waals surface area contributed by atoms with Gasteiger partial charge in [0.1, 0.15) is 9.84 Å². The first kappa shape index (κ1) is 36.7. The maximum absolute atomic E-state index is 12.3. The molecule has 0 aromatic heterocycles. The number of nitrogens with zero attached hydrogens (tertiary/aromatic N) is 4. The van der Waals surface area contributed by atoms with Gasteiger partial charge in [-0.05, 0) is 74.8 Å². The van der Waals surface area contributed by atoms with Crippen LogP contribution in [0.15, 0.2) is 24.3 Å². The van der Waals surface area contributed by atoms with Gasteiger partial charge in [0.05, 0.1) is 11.4 Å². The van der Waals surface area contributed by atoms with E-state index >= 15 is 0 Å². The number of aliphatic hydroxyl groups is 1. The van der Waals surface area contributed by atoms with Crippen LogP contribution in [0.1, 0.15) is 73.1 Å². The first-order valence-electron chi connectivity index (χ1n) is 16.9. The molecule has 4 saturated heterocycles. The standard InChI is InChI=1S/C18H32N2O3S.C16H28N2O2/c1-15(2)16-6-4-11-20(14-16)18(21)7-5-10-19-12-8-17(9-13-19)24(3,22)23;1-16(2,3)13-6-4-9-18(10-13)15(20)7-5-8-17-11-14(19)12-17/h5,7,15-17H,4,6,8-14H2,1-3H3;5,7,13-14,19H,4,6,8-12H2,1-3H3/b2*7-5+. The predicted octanol–water partition coefficient (Wildman–Crippen LogP) is 3.45. The van der Waals surface area contributed by atoms with Gasteiger partial charge in [0.2, 0.25) is 11.8 Å². The molecule has 2 atom stereocenters. The molecule has 44 heavy (non-hydrogen) atoms. The van der Waals surface area contributed by atoms with Crippen molar-refractivity contribution >= 4 is 21.7 Å². The number of amides is 2. The van der Waals surface area contributed by atoms with Gasteiger partial charge in [0.25, 0.3) is 0 Å². The van der Waals surface area contributed by atoms with Crippen LogP contribution >= 0.6 is 0 Å². The lowest BCUT2D eigenvalue weighted by Crippen LogP contribution is -2.50. The molecule has 0 saturated carbocycles. The fraction of sp³-hybridized carbons (Fsp3) is 0.824. The summed E-state index contributed by atoms with van der Waals surface area (Å²) in [7, 11) is -2.92. The Hall–Kier alpha value is -1.75. The van der Waals surface area contributed by atoms with E-state index in [2.05, 4.69) is 44.4 Å². The summed E-state index contributed by atoms with van der Waals surface area (Å²) >= 11 is 0. The van der Waals surface area contributed by atoms with Gasteiger partial charge in [0, 0.05) is 70.8 Å². The lowest BCUT2D eigenvalue weighted by Gasteiger charge is -2.39. The van der Waals surface area contributed by atoms with Gasteiger partial charge in [-0.25, -0.2) is 8.42 Å². The molecule has 1 N–H and O–H groups in total. The molecule has 2 unspecified atom stereocenters. The second kappa shape index (κ2) is 16.7. The number of rotatable bonds is 8. The molecule has 4 aliphatic rings. The number of likely N-dealkylation sites (tertiary alicyclic amines) is 4. The molecule has 4 rings (SSSR count). The van der Waals surface area contributed by atoms with E-state index < -0.39 is 9.84 Å². The van der Waals surface area contributed by atoms with E-state index in [1.54, 1.807) is 12.2 Å². The fourth-order valence-corrected chi connectivity index (χ4v) is 7.73. The zero-order valence-electron chi connectivity index (χ0n) is 28.3. The Morgan fingerprint density at radius 3 is 1.82 bits per heavy atom. The first-order chi connectivity index (χ1) is 20.6. The molecule has 0 spiro atoms. The SMILES string of the molecule is CC(C)(C)C1CCCN(C(=O)/C=C/CN2CC(O)C2)C1.CC(C)C1CCCN(C(=O)/C=C/CN2CCC(S(C)(=O)=O)CC2)C1. The van der Waals surface area contributed by atoms with E-state index in [-0.39, 0.29) is 28.6 Å². The van der Waals surface area contributed by atoms with Crippen LogP contribution in [0.4, 0.5) is 0 Å². The summed E-state index contributed by atoms with van der Waals surface area (Å²) in [5, 5.41) is 9.00. The highest BCUT2D eigenvalue weighted by molar-refractivity contribution is 7.91. The average molecular weight is 637 g/mol. The van der Waals surface area contributed by atoms with Crippen molar-refractivity contribution in [2.45, 2.75) is 84.5 Å². The Kier molecular flexibility index (Phi) is 13.9. The zero-order chi connectivity index (χ0) is 32.5. The normalized spacial score (nSPS) is 25.4. The third-order valence-corrected chi connectivity index (χ3v) is 11.7. The van der Waals surface area contributed by atoms with Gasteiger partial charge in [0.15, 0.2) is 0 Å². The lowest BCUT2D eigenvalue weighted by molar-refractivity contribution is -0.129. The fourth-order valence-electron chi connectivity index (χ4n) is 6.67. The molecule has 4 fully saturated rings. The second-order valence-electron chi connectivity index (χ2n) is 14.9. The van der Waals surface area contributed by atoms with Crippen LogP contribution in [-0.2, 0) is 19.4 Å². The smallest absolute Gasteiger partial charge is 0.246 e. The van der Waals surface area contributed by atoms with Crippen molar-refractivity contribution in [3.8, 4) is 0 Å². The molecule has 0 radical (unpaired) electrons. The number of piperidine rings is 3. The monoisotopic (exact) mass is 636 g/mol. The third-order valence-electron chi connectivity index (χ3n) is 10.00. The number of hydrogen-bond donors (Lipinski definition) is 1. The molecule has 0 bridgehead atoms. The minimum atomic E-state index is -2.92. The van der Waals surface area contributed by atoms with Crippen molar-refractivity contribution in [1.82, 2.24) is 19.6 Å². The topological polar surface area (TPSA) is 101 Å². The van der Waals surface area contributed by atoms with Crippen LogP contribution in [0, 0.1) is 23.2 Å². The average Bonchev–Trinajstić information content (AvgIpc) is 2.96. The predicted molar refractivity (Wildman–Crippen MR) is 178 cm³/mol. The molecule has 0 aliphatic carbocycles. The Morgan fingerprint density at radius 1 is 0.795 bits per heavy atom. The Labute approximate surface area is 267 Å². The maximum atomic E-state index is 12.3. The molecule has 2 amide bonds. The van der Waals surface area contributed by atoms with Crippen molar-refractivity contribution in [2.75, 3.05) is 71.7 Å². The van der Waals surface area contributed by atoms with Crippen molar-refractivity contribution in [1.29, 1.82) is 0 Å². The van der Waals surface area contributed by atoms with Gasteiger partial charge >= 0.3 is 0 Å². The summed E-state index contributed by atoms with van der Waals surface area (Å²) < 4.78 is 23.1. The van der Waals surface area contributed by atoms with Gasteiger partial charge < -0.3 is 14.9 Å². The van der Waals surface area contributed by atoms with E-state index in [1.165, 1.54) is 19.1 Å². The van der Waals surface area contributed by atoms with Crippen LogP contribution in [-0.4, -0.2) is 128 Å². The third kappa shape index (κ3) is 11.9. The van der Waals surface area contributed by atoms with Gasteiger partial charge in [-0.1, -0.05) is 46.8 Å². The minimum absolute atomic E-state index is 0.117. The Balaban J connectivity index is 0.000000244. The van der Waals surface area contributed by atoms with Crippen LogP contribution in [0.2, 0.25) is 0 Å². The van der Waals surface area contributed by atoms with Crippen molar-refractivity contribution in [3.63, 3.8) is 0 Å². The van der Waals surface area contributed by atoms with Crippen LogP contribution < -0.4 is 0 Å². The zero-order valence-corrected chi connectivity index (χ0v) is 29.1. The molecule has 252 valence electrons. The molecular formula is C34H60N4O5S. The van der Waals surface area contributed by atoms with E-state index in [1.807, 2.05) is 22.0 Å². The molecule has 9 nitrogen and oxygen atoms in total. The van der Waals surface area contributed by atoms with Crippen LogP contribution in [0.25, 0.3) is 0 Å². The largest absolute Gasteiger partial charge is 0.390 e. The first-order valence-corrected chi connectivity index (χ1v) is 18.8. The number of hydrogen-bond acceptors (Lipinski definition) is 7. The molecule has 0 aromatic carbocycles. The second-order valence-corrected chi connectivity index (χ2v) is 17.3. The van der Waals surface area contributed by atoms with Crippen molar-refractivity contribution in [2.24, 2.45) is 23.2 Å². The highest BCUT2D eigenvalue weighted by Crippen LogP contribution is 2.33. The number of β-amino-alcohol motifs (C(OH)–C–C–N with tert-alkyl or cyclic N) is 1. The molecule has 0 aromatic rings. The minimum Gasteiger partial charge on any atom is -0.390 e. The van der Waals surface area contributed by atoms with E-state index in [4.69, 9.17) is 0 Å². The maximum Gasteiger partial charge on any atom is 0.246 e. The van der Waals surface area contributed by atoms with Gasteiger partial charge in [-0.3, -0.25) is 19.4 Å². The molecule has 4 aliphatic heterocycles. The summed E-state index contributed by atoms with van der Waals surface area (Å²) in [6.45, 7) is 19.3. The summed E-state index contributed by atoms with van der Waals surface area (Å²) in [4.78, 5) is 32.8. The Morgan fingerprint density at radius 2 is 1.32 bits per heavy atom. The van der Waals surface area contributed by atoms with Crippen molar-refractivity contribution in [3.05, 3.63) is 24.3 Å². The summed E-state index contributed by atoms with van der Waals surface area (Å²) in [5.41, 5.74) is 0.274. The van der Waals surface area contributed by atoms with Gasteiger partial charge in [-0.2, -0.15) is 0 Å². The summed E-state index contributed by atoms with van der Waals surface area (Å²) in [6, 6.07) is 0. The highest BCUT2D eigenvalue weighted by Gasteiger charge is 2.31.